The Labute approximate surface area is 159 Å². The number of nitrogens with one attached hydrogen (secondary N) is 1. The van der Waals surface area contributed by atoms with Gasteiger partial charge in [0.05, 0.1) is 24.2 Å². The molecule has 2 amide bonds. The molecule has 1 aliphatic heterocycles. The average Bonchev–Trinajstić information content (AvgIpc) is 2.94. The van der Waals surface area contributed by atoms with E-state index in [1.165, 1.54) is 25.3 Å². The second-order valence-corrected chi connectivity index (χ2v) is 6.53. The van der Waals surface area contributed by atoms with Crippen LogP contribution in [0.15, 0.2) is 53.4 Å². The number of hydrogen-bond acceptors (Lipinski definition) is 6. The van der Waals surface area contributed by atoms with Crippen molar-refractivity contribution in [3.8, 4) is 0 Å². The molecule has 3 rings (SSSR count). The summed E-state index contributed by atoms with van der Waals surface area (Å²) in [5.41, 5.74) is 1.26. The van der Waals surface area contributed by atoms with Crippen LogP contribution in [0.1, 0.15) is 15.9 Å². The Morgan fingerprint density at radius 3 is 2.56 bits per heavy atom. The number of carbonyl (C=O) groups is 3. The molecule has 2 aromatic carbocycles. The highest BCUT2D eigenvalue weighted by molar-refractivity contribution is 8.18. The smallest absolute Gasteiger partial charge is 0.337 e. The zero-order valence-corrected chi connectivity index (χ0v) is 15.1. The molecule has 1 heterocycles. The molecule has 27 heavy (non-hydrogen) atoms. The molecule has 0 spiro atoms. The zero-order valence-electron chi connectivity index (χ0n) is 14.3. The first-order valence-electron chi connectivity index (χ1n) is 7.92. The van der Waals surface area contributed by atoms with Gasteiger partial charge in [0.2, 0.25) is 0 Å². The molecule has 0 aromatic heterocycles. The van der Waals surface area contributed by atoms with Crippen molar-refractivity contribution in [2.45, 2.75) is 0 Å². The van der Waals surface area contributed by atoms with Crippen molar-refractivity contribution in [2.24, 2.45) is 0 Å². The molecule has 0 unspecified atom stereocenters. The maximum absolute atomic E-state index is 13.7. The highest BCUT2D eigenvalue weighted by Gasteiger charge is 2.34. The SMILES string of the molecule is COC(=O)c1ccc(NCN2C(=O)SC(=Cc3ccccc3F)C2=O)cc1. The van der Waals surface area contributed by atoms with E-state index in [9.17, 15) is 18.8 Å². The van der Waals surface area contributed by atoms with Gasteiger partial charge < -0.3 is 10.1 Å². The van der Waals surface area contributed by atoms with Crippen molar-refractivity contribution in [1.29, 1.82) is 0 Å². The number of rotatable bonds is 5. The Balaban J connectivity index is 1.67. The fourth-order valence-corrected chi connectivity index (χ4v) is 3.21. The normalized spacial score (nSPS) is 15.3. The van der Waals surface area contributed by atoms with Crippen LogP contribution in [0.2, 0.25) is 0 Å². The number of ether oxygens (including phenoxy) is 1. The summed E-state index contributed by atoms with van der Waals surface area (Å²) in [4.78, 5) is 37.1. The van der Waals surface area contributed by atoms with E-state index in [0.29, 0.717) is 11.3 Å². The van der Waals surface area contributed by atoms with Gasteiger partial charge >= 0.3 is 5.97 Å². The zero-order chi connectivity index (χ0) is 19.4. The van der Waals surface area contributed by atoms with Crippen LogP contribution in [0.3, 0.4) is 0 Å². The molecule has 0 bridgehead atoms. The maximum atomic E-state index is 13.7. The molecule has 0 saturated carbocycles. The standard InChI is InChI=1S/C19H15FN2O4S/c1-26-18(24)12-6-8-14(9-7-12)21-11-22-17(23)16(27-19(22)25)10-13-4-2-3-5-15(13)20/h2-10,21H,11H2,1H3. The minimum absolute atomic E-state index is 0.0448. The number of hydrogen-bond donors (Lipinski definition) is 1. The van der Waals surface area contributed by atoms with E-state index in [1.54, 1.807) is 36.4 Å². The Hall–Kier alpha value is -3.13. The summed E-state index contributed by atoms with van der Waals surface area (Å²) in [6.45, 7) is -0.0448. The Morgan fingerprint density at radius 2 is 1.89 bits per heavy atom. The highest BCUT2D eigenvalue weighted by atomic mass is 32.2. The van der Waals surface area contributed by atoms with Gasteiger partial charge in [-0.1, -0.05) is 18.2 Å². The first-order valence-corrected chi connectivity index (χ1v) is 8.73. The quantitative estimate of drug-likeness (QED) is 0.624. The fraction of sp³-hybridized carbons (Fsp3) is 0.105. The molecule has 0 radical (unpaired) electrons. The van der Waals surface area contributed by atoms with Crippen molar-refractivity contribution >= 4 is 40.6 Å². The van der Waals surface area contributed by atoms with E-state index in [0.717, 1.165) is 16.7 Å². The van der Waals surface area contributed by atoms with Gasteiger partial charge in [0, 0.05) is 11.3 Å². The van der Waals surface area contributed by atoms with Gasteiger partial charge in [-0.3, -0.25) is 14.5 Å². The highest BCUT2D eigenvalue weighted by Crippen LogP contribution is 2.32. The van der Waals surface area contributed by atoms with E-state index in [1.807, 2.05) is 0 Å². The van der Waals surface area contributed by atoms with Crippen LogP contribution in [0.25, 0.3) is 6.08 Å². The van der Waals surface area contributed by atoms with Crippen LogP contribution in [0, 0.1) is 5.82 Å². The number of benzene rings is 2. The number of methoxy groups -OCH3 is 1. The minimum Gasteiger partial charge on any atom is -0.465 e. The maximum Gasteiger partial charge on any atom is 0.337 e. The topological polar surface area (TPSA) is 75.7 Å². The molecule has 1 saturated heterocycles. The van der Waals surface area contributed by atoms with Crippen LogP contribution >= 0.6 is 11.8 Å². The summed E-state index contributed by atoms with van der Waals surface area (Å²) in [6.07, 6.45) is 1.37. The third-order valence-corrected chi connectivity index (χ3v) is 4.72. The molecule has 0 aliphatic carbocycles. The number of carbonyl (C=O) groups excluding carboxylic acids is 3. The number of amides is 2. The summed E-state index contributed by atoms with van der Waals surface area (Å²) < 4.78 is 18.4. The van der Waals surface area contributed by atoms with Crippen molar-refractivity contribution in [3.05, 3.63) is 70.4 Å². The lowest BCUT2D eigenvalue weighted by atomic mass is 10.2. The largest absolute Gasteiger partial charge is 0.465 e. The number of thioether (sulfide) groups is 1. The molecule has 2 aromatic rings. The Kier molecular flexibility index (Phi) is 5.56. The predicted octanol–water partition coefficient (Wildman–Crippen LogP) is 3.72. The van der Waals surface area contributed by atoms with Crippen molar-refractivity contribution < 1.29 is 23.5 Å². The molecule has 8 heteroatoms. The van der Waals surface area contributed by atoms with Crippen LogP contribution in [-0.4, -0.2) is 35.8 Å². The van der Waals surface area contributed by atoms with Gasteiger partial charge in [-0.15, -0.1) is 0 Å². The number of halogens is 1. The molecule has 1 fully saturated rings. The van der Waals surface area contributed by atoms with Gasteiger partial charge in [0.15, 0.2) is 0 Å². The molecule has 138 valence electrons. The summed E-state index contributed by atoms with van der Waals surface area (Å²) in [7, 11) is 1.29. The summed E-state index contributed by atoms with van der Waals surface area (Å²) in [6, 6.07) is 12.4. The lowest BCUT2D eigenvalue weighted by molar-refractivity contribution is -0.122. The lowest BCUT2D eigenvalue weighted by Crippen LogP contribution is -2.33. The van der Waals surface area contributed by atoms with Crippen LogP contribution in [-0.2, 0) is 9.53 Å². The van der Waals surface area contributed by atoms with Gasteiger partial charge in [-0.25, -0.2) is 9.18 Å². The molecule has 1 aliphatic rings. The number of esters is 1. The molecule has 0 atom stereocenters. The second kappa shape index (κ2) is 8.05. The predicted molar refractivity (Wildman–Crippen MR) is 100 cm³/mol. The van der Waals surface area contributed by atoms with Gasteiger partial charge in [0.25, 0.3) is 11.1 Å². The number of imide groups is 1. The number of nitrogens with zero attached hydrogens (tertiary/aromatic N) is 1. The molecular formula is C19H15FN2O4S. The van der Waals surface area contributed by atoms with Gasteiger partial charge in [0.1, 0.15) is 5.82 Å². The van der Waals surface area contributed by atoms with Crippen LogP contribution in [0.4, 0.5) is 14.9 Å². The van der Waals surface area contributed by atoms with Gasteiger partial charge in [-0.05, 0) is 48.2 Å². The van der Waals surface area contributed by atoms with Gasteiger partial charge in [-0.2, -0.15) is 0 Å². The van der Waals surface area contributed by atoms with Crippen LogP contribution in [0.5, 0.6) is 0 Å². The van der Waals surface area contributed by atoms with E-state index >= 15 is 0 Å². The second-order valence-electron chi connectivity index (χ2n) is 5.54. The third-order valence-electron chi connectivity index (χ3n) is 3.81. The van der Waals surface area contributed by atoms with Crippen molar-refractivity contribution in [1.82, 2.24) is 4.90 Å². The molecular weight excluding hydrogens is 371 g/mol. The third kappa shape index (κ3) is 4.17. The summed E-state index contributed by atoms with van der Waals surface area (Å²) in [5.74, 6) is -1.41. The Morgan fingerprint density at radius 1 is 1.19 bits per heavy atom. The van der Waals surface area contributed by atoms with Crippen LogP contribution < -0.4 is 5.32 Å². The van der Waals surface area contributed by atoms with E-state index in [-0.39, 0.29) is 17.1 Å². The minimum atomic E-state index is -0.494. The number of anilines is 1. The summed E-state index contributed by atoms with van der Waals surface area (Å²) in [5, 5.41) is 2.50. The first-order chi connectivity index (χ1) is 13.0. The van der Waals surface area contributed by atoms with Crippen molar-refractivity contribution in [2.75, 3.05) is 19.1 Å². The summed E-state index contributed by atoms with van der Waals surface area (Å²) >= 11 is 0.760. The Bertz CT molecular complexity index is 928. The average molecular weight is 386 g/mol. The van der Waals surface area contributed by atoms with Crippen molar-refractivity contribution in [3.63, 3.8) is 0 Å². The van der Waals surface area contributed by atoms with E-state index in [4.69, 9.17) is 0 Å². The fourth-order valence-electron chi connectivity index (χ4n) is 2.38. The lowest BCUT2D eigenvalue weighted by Gasteiger charge is -2.14. The molecule has 6 nitrogen and oxygen atoms in total. The first kappa shape index (κ1) is 18.7. The van der Waals surface area contributed by atoms with E-state index in [2.05, 4.69) is 10.1 Å². The molecule has 1 N–H and O–H groups in total. The monoisotopic (exact) mass is 386 g/mol. The van der Waals surface area contributed by atoms with E-state index < -0.39 is 22.9 Å².